The predicted molar refractivity (Wildman–Crippen MR) is 73.2 cm³/mol. The van der Waals surface area contributed by atoms with Crippen molar-refractivity contribution in [1.29, 1.82) is 0 Å². The number of hydrogen-bond donors (Lipinski definition) is 1. The Kier molecular flexibility index (Phi) is 3.73. The third kappa shape index (κ3) is 1.40. The second-order valence-electron chi connectivity index (χ2n) is 6.63. The van der Waals surface area contributed by atoms with Crippen LogP contribution in [0.1, 0.15) is 59.8 Å². The van der Waals surface area contributed by atoms with Crippen LogP contribution in [0.2, 0.25) is 0 Å². The Morgan fingerprint density at radius 1 is 1.25 bits per heavy atom. The highest BCUT2D eigenvalue weighted by Crippen LogP contribution is 2.69. The highest BCUT2D eigenvalue weighted by molar-refractivity contribution is 5.85. The van der Waals surface area contributed by atoms with Gasteiger partial charge in [0.2, 0.25) is 0 Å². The Bertz CT molecular complexity index is 257. The van der Waals surface area contributed by atoms with Gasteiger partial charge >= 0.3 is 0 Å². The summed E-state index contributed by atoms with van der Waals surface area (Å²) in [6, 6.07) is 0. The van der Waals surface area contributed by atoms with Crippen molar-refractivity contribution >= 4 is 12.4 Å². The van der Waals surface area contributed by atoms with Crippen LogP contribution in [-0.4, -0.2) is 12.6 Å². The Hall–Kier alpha value is 0.250. The van der Waals surface area contributed by atoms with E-state index in [0.29, 0.717) is 16.4 Å². The van der Waals surface area contributed by atoms with Crippen LogP contribution in [0.5, 0.6) is 0 Å². The largest absolute Gasteiger partial charge is 0.313 e. The summed E-state index contributed by atoms with van der Waals surface area (Å²) in [5.74, 6) is 0.946. The van der Waals surface area contributed by atoms with E-state index in [-0.39, 0.29) is 12.4 Å². The summed E-state index contributed by atoms with van der Waals surface area (Å²) in [6.45, 7) is 9.83. The summed E-state index contributed by atoms with van der Waals surface area (Å²) in [5, 5.41) is 3.74. The first kappa shape index (κ1) is 14.3. The zero-order chi connectivity index (χ0) is 11.3. The molecule has 2 aliphatic rings. The van der Waals surface area contributed by atoms with Crippen molar-refractivity contribution in [3.05, 3.63) is 0 Å². The molecule has 0 saturated heterocycles. The Labute approximate surface area is 107 Å². The maximum absolute atomic E-state index is 3.74. The van der Waals surface area contributed by atoms with Gasteiger partial charge in [-0.15, -0.1) is 12.4 Å². The number of halogens is 1. The van der Waals surface area contributed by atoms with Gasteiger partial charge in [0.25, 0.3) is 0 Å². The van der Waals surface area contributed by atoms with E-state index in [1.54, 1.807) is 0 Å². The Morgan fingerprint density at radius 2 is 1.88 bits per heavy atom. The SMILES string of the molecule is CCCC1(NC)C2(C)CCC(C2)C1(C)C.Cl. The van der Waals surface area contributed by atoms with Crippen molar-refractivity contribution in [2.75, 3.05) is 7.05 Å². The summed E-state index contributed by atoms with van der Waals surface area (Å²) >= 11 is 0. The average Bonchev–Trinajstić information content (AvgIpc) is 2.63. The minimum atomic E-state index is 0. The second-order valence-corrected chi connectivity index (χ2v) is 6.63. The molecular formula is C14H28ClN. The molecule has 2 aliphatic carbocycles. The van der Waals surface area contributed by atoms with Crippen molar-refractivity contribution in [3.8, 4) is 0 Å². The van der Waals surface area contributed by atoms with Gasteiger partial charge in [-0.25, -0.2) is 0 Å². The van der Waals surface area contributed by atoms with Crippen LogP contribution in [0.3, 0.4) is 0 Å². The topological polar surface area (TPSA) is 12.0 Å². The van der Waals surface area contributed by atoms with Crippen LogP contribution >= 0.6 is 12.4 Å². The molecule has 0 aromatic carbocycles. The summed E-state index contributed by atoms with van der Waals surface area (Å²) < 4.78 is 0. The van der Waals surface area contributed by atoms with Crippen molar-refractivity contribution in [1.82, 2.24) is 5.32 Å². The van der Waals surface area contributed by atoms with Crippen molar-refractivity contribution in [2.24, 2.45) is 16.7 Å². The van der Waals surface area contributed by atoms with Gasteiger partial charge in [-0.2, -0.15) is 0 Å². The van der Waals surface area contributed by atoms with Crippen molar-refractivity contribution in [2.45, 2.75) is 65.3 Å². The molecule has 0 aliphatic heterocycles. The molecule has 96 valence electrons. The van der Waals surface area contributed by atoms with Crippen LogP contribution in [0.25, 0.3) is 0 Å². The summed E-state index contributed by atoms with van der Waals surface area (Å²) in [4.78, 5) is 0. The van der Waals surface area contributed by atoms with Crippen LogP contribution in [0.4, 0.5) is 0 Å². The van der Waals surface area contributed by atoms with Crippen LogP contribution < -0.4 is 5.32 Å². The van der Waals surface area contributed by atoms with Gasteiger partial charge in [0, 0.05) is 5.54 Å². The minimum absolute atomic E-state index is 0. The van der Waals surface area contributed by atoms with Gasteiger partial charge in [0.15, 0.2) is 0 Å². The zero-order valence-corrected chi connectivity index (χ0v) is 12.3. The predicted octanol–water partition coefficient (Wildman–Crippen LogP) is 4.01. The van der Waals surface area contributed by atoms with E-state index >= 15 is 0 Å². The summed E-state index contributed by atoms with van der Waals surface area (Å²) in [7, 11) is 2.18. The summed E-state index contributed by atoms with van der Waals surface area (Å²) in [5.41, 5.74) is 1.41. The highest BCUT2D eigenvalue weighted by Gasteiger charge is 2.67. The fourth-order valence-corrected chi connectivity index (χ4v) is 5.12. The van der Waals surface area contributed by atoms with E-state index < -0.39 is 0 Å². The normalized spacial score (nSPS) is 44.4. The monoisotopic (exact) mass is 245 g/mol. The number of fused-ring (bicyclic) bond motifs is 2. The van der Waals surface area contributed by atoms with Gasteiger partial charge in [0.1, 0.15) is 0 Å². The summed E-state index contributed by atoms with van der Waals surface area (Å²) in [6.07, 6.45) is 6.97. The molecule has 16 heavy (non-hydrogen) atoms. The molecule has 0 heterocycles. The molecule has 3 unspecified atom stereocenters. The lowest BCUT2D eigenvalue weighted by molar-refractivity contribution is 0.00289. The molecule has 0 aromatic heterocycles. The molecular weight excluding hydrogens is 218 g/mol. The molecule has 0 radical (unpaired) electrons. The quantitative estimate of drug-likeness (QED) is 0.792. The first-order valence-corrected chi connectivity index (χ1v) is 6.62. The first-order valence-electron chi connectivity index (χ1n) is 6.62. The van der Waals surface area contributed by atoms with Gasteiger partial charge in [-0.1, -0.05) is 34.1 Å². The standard InChI is InChI=1S/C14H27N.ClH/c1-6-8-14(15-5)12(2,3)11-7-9-13(14,4)10-11;/h11,15H,6-10H2,1-5H3;1H. The van der Waals surface area contributed by atoms with E-state index in [1.807, 2.05) is 0 Å². The Balaban J connectivity index is 0.00000128. The zero-order valence-electron chi connectivity index (χ0n) is 11.5. The molecule has 0 amide bonds. The molecule has 2 heteroatoms. The maximum Gasteiger partial charge on any atom is 0.0286 e. The van der Waals surface area contributed by atoms with E-state index in [2.05, 4.69) is 40.1 Å². The third-order valence-electron chi connectivity index (χ3n) is 5.94. The number of rotatable bonds is 3. The van der Waals surface area contributed by atoms with Crippen LogP contribution in [0.15, 0.2) is 0 Å². The molecule has 2 rings (SSSR count). The molecule has 2 bridgehead atoms. The van der Waals surface area contributed by atoms with Gasteiger partial charge in [-0.05, 0) is 49.5 Å². The lowest BCUT2D eigenvalue weighted by atomic mass is 9.56. The lowest BCUT2D eigenvalue weighted by Crippen LogP contribution is -2.62. The van der Waals surface area contributed by atoms with Gasteiger partial charge in [0.05, 0.1) is 0 Å². The maximum atomic E-state index is 3.74. The van der Waals surface area contributed by atoms with Gasteiger partial charge < -0.3 is 5.32 Å². The molecule has 1 N–H and O–H groups in total. The number of nitrogens with one attached hydrogen (secondary N) is 1. The third-order valence-corrected chi connectivity index (χ3v) is 5.94. The van der Waals surface area contributed by atoms with E-state index in [1.165, 1.54) is 32.1 Å². The van der Waals surface area contributed by atoms with Crippen LogP contribution in [0, 0.1) is 16.7 Å². The lowest BCUT2D eigenvalue weighted by Gasteiger charge is -2.55. The fraction of sp³-hybridized carbons (Fsp3) is 1.00. The average molecular weight is 246 g/mol. The second kappa shape index (κ2) is 4.17. The first-order chi connectivity index (χ1) is 6.93. The van der Waals surface area contributed by atoms with Gasteiger partial charge in [-0.3, -0.25) is 0 Å². The Morgan fingerprint density at radius 3 is 2.25 bits per heavy atom. The molecule has 2 saturated carbocycles. The molecule has 2 fully saturated rings. The van der Waals surface area contributed by atoms with E-state index in [0.717, 1.165) is 5.92 Å². The van der Waals surface area contributed by atoms with Crippen LogP contribution in [-0.2, 0) is 0 Å². The minimum Gasteiger partial charge on any atom is -0.313 e. The van der Waals surface area contributed by atoms with E-state index in [9.17, 15) is 0 Å². The highest BCUT2D eigenvalue weighted by atomic mass is 35.5. The molecule has 0 aromatic rings. The smallest absolute Gasteiger partial charge is 0.0286 e. The van der Waals surface area contributed by atoms with Crippen molar-refractivity contribution < 1.29 is 0 Å². The fourth-order valence-electron chi connectivity index (χ4n) is 5.12. The number of hydrogen-bond acceptors (Lipinski definition) is 1. The van der Waals surface area contributed by atoms with E-state index in [4.69, 9.17) is 0 Å². The molecule has 3 atom stereocenters. The molecule has 1 nitrogen and oxygen atoms in total. The molecule has 0 spiro atoms. The van der Waals surface area contributed by atoms with Crippen molar-refractivity contribution in [3.63, 3.8) is 0 Å².